The summed E-state index contributed by atoms with van der Waals surface area (Å²) in [6, 6.07) is 12.3. The van der Waals surface area contributed by atoms with E-state index in [2.05, 4.69) is 35.0 Å². The third-order valence-corrected chi connectivity index (χ3v) is 3.10. The second-order valence-corrected chi connectivity index (χ2v) is 4.80. The number of para-hydroxylation sites is 1. The Hall–Kier alpha value is -2.16. The van der Waals surface area contributed by atoms with Crippen LogP contribution in [0.3, 0.4) is 0 Å². The molecule has 0 amide bonds. The van der Waals surface area contributed by atoms with Gasteiger partial charge in [0.2, 0.25) is 0 Å². The SMILES string of the molecule is C/C(=N\c1ccccc1C)[n+]1ccc(N(C)C)cc1. The van der Waals surface area contributed by atoms with Crippen LogP contribution in [-0.2, 0) is 0 Å². The van der Waals surface area contributed by atoms with Gasteiger partial charge in [0.05, 0.1) is 12.4 Å². The molecule has 19 heavy (non-hydrogen) atoms. The summed E-state index contributed by atoms with van der Waals surface area (Å²) in [5, 5.41) is 0. The van der Waals surface area contributed by atoms with Crippen LogP contribution in [0, 0.1) is 6.92 Å². The van der Waals surface area contributed by atoms with Crippen molar-refractivity contribution in [1.29, 1.82) is 0 Å². The Balaban J connectivity index is 2.29. The van der Waals surface area contributed by atoms with Gasteiger partial charge >= 0.3 is 5.84 Å². The Kier molecular flexibility index (Phi) is 3.95. The molecule has 0 radical (unpaired) electrons. The Labute approximate surface area is 114 Å². The summed E-state index contributed by atoms with van der Waals surface area (Å²) < 4.78 is 2.03. The average Bonchev–Trinajstić information content (AvgIpc) is 2.41. The van der Waals surface area contributed by atoms with Gasteiger partial charge in [0.25, 0.3) is 0 Å². The number of rotatable bonds is 2. The van der Waals surface area contributed by atoms with Crippen molar-refractivity contribution in [3.8, 4) is 0 Å². The van der Waals surface area contributed by atoms with Gasteiger partial charge in [-0.25, -0.2) is 4.57 Å². The minimum atomic E-state index is 0.958. The number of pyridine rings is 1. The summed E-state index contributed by atoms with van der Waals surface area (Å²) >= 11 is 0. The number of nitrogens with zero attached hydrogens (tertiary/aromatic N) is 3. The zero-order valence-corrected chi connectivity index (χ0v) is 12.0. The molecule has 0 spiro atoms. The maximum Gasteiger partial charge on any atom is 0.300 e. The molecule has 1 heterocycles. The van der Waals surface area contributed by atoms with Gasteiger partial charge in [-0.2, -0.15) is 0 Å². The van der Waals surface area contributed by atoms with Crippen molar-refractivity contribution < 1.29 is 4.57 Å². The molecule has 0 aliphatic carbocycles. The molecule has 2 aromatic rings. The molecule has 0 aliphatic rings. The molecule has 0 N–H and O–H groups in total. The van der Waals surface area contributed by atoms with E-state index in [4.69, 9.17) is 0 Å². The van der Waals surface area contributed by atoms with E-state index in [0.29, 0.717) is 0 Å². The summed E-state index contributed by atoms with van der Waals surface area (Å²) in [5.74, 6) is 0.958. The minimum absolute atomic E-state index is 0.958. The van der Waals surface area contributed by atoms with Crippen molar-refractivity contribution in [2.24, 2.45) is 4.99 Å². The molecule has 2 rings (SSSR count). The molecular formula is C16H20N3+. The molecular weight excluding hydrogens is 234 g/mol. The molecule has 0 saturated carbocycles. The third kappa shape index (κ3) is 3.19. The summed E-state index contributed by atoms with van der Waals surface area (Å²) in [5.41, 5.74) is 3.39. The average molecular weight is 254 g/mol. The van der Waals surface area contributed by atoms with Crippen LogP contribution in [0.25, 0.3) is 0 Å². The number of aliphatic imine (C=N–C) groups is 1. The minimum Gasteiger partial charge on any atom is -0.377 e. The van der Waals surface area contributed by atoms with Crippen LogP contribution in [0.1, 0.15) is 12.5 Å². The number of benzene rings is 1. The van der Waals surface area contributed by atoms with Gasteiger partial charge in [0, 0.05) is 44.4 Å². The van der Waals surface area contributed by atoms with E-state index in [1.807, 2.05) is 56.2 Å². The van der Waals surface area contributed by atoms with E-state index in [1.54, 1.807) is 0 Å². The first-order valence-electron chi connectivity index (χ1n) is 6.38. The van der Waals surface area contributed by atoms with E-state index in [0.717, 1.165) is 11.5 Å². The maximum atomic E-state index is 4.67. The largest absolute Gasteiger partial charge is 0.377 e. The van der Waals surface area contributed by atoms with E-state index in [-0.39, 0.29) is 0 Å². The molecule has 0 bridgehead atoms. The second kappa shape index (κ2) is 5.65. The first kappa shape index (κ1) is 13.3. The zero-order valence-electron chi connectivity index (χ0n) is 12.0. The second-order valence-electron chi connectivity index (χ2n) is 4.80. The number of anilines is 1. The monoisotopic (exact) mass is 254 g/mol. The van der Waals surface area contributed by atoms with Crippen molar-refractivity contribution >= 4 is 17.2 Å². The standard InChI is InChI=1S/C16H20N3/c1-13-7-5-6-8-16(13)17-14(2)19-11-9-15(10-12-19)18(3)4/h5-12H,1-4H3/q+1/b17-14+. The van der Waals surface area contributed by atoms with Gasteiger partial charge < -0.3 is 4.90 Å². The van der Waals surface area contributed by atoms with Crippen molar-refractivity contribution in [2.45, 2.75) is 13.8 Å². The predicted molar refractivity (Wildman–Crippen MR) is 80.3 cm³/mol. The van der Waals surface area contributed by atoms with Crippen LogP contribution in [0.4, 0.5) is 11.4 Å². The number of aryl methyl sites for hydroxylation is 1. The van der Waals surface area contributed by atoms with Gasteiger partial charge in [-0.1, -0.05) is 18.2 Å². The lowest BCUT2D eigenvalue weighted by Crippen LogP contribution is -2.40. The third-order valence-electron chi connectivity index (χ3n) is 3.10. The topological polar surface area (TPSA) is 19.5 Å². The number of hydrogen-bond donors (Lipinski definition) is 0. The fraction of sp³-hybridized carbons (Fsp3) is 0.250. The van der Waals surface area contributed by atoms with Gasteiger partial charge in [-0.05, 0) is 18.0 Å². The summed E-state index contributed by atoms with van der Waals surface area (Å²) in [6.07, 6.45) is 4.07. The molecule has 0 unspecified atom stereocenters. The van der Waals surface area contributed by atoms with Crippen molar-refractivity contribution in [3.05, 3.63) is 54.4 Å². The number of aromatic nitrogens is 1. The molecule has 1 aromatic carbocycles. The first-order valence-corrected chi connectivity index (χ1v) is 6.38. The van der Waals surface area contributed by atoms with Gasteiger partial charge in [-0.15, -0.1) is 0 Å². The Morgan fingerprint density at radius 1 is 1.05 bits per heavy atom. The number of hydrogen-bond acceptors (Lipinski definition) is 2. The van der Waals surface area contributed by atoms with Crippen LogP contribution in [-0.4, -0.2) is 19.9 Å². The van der Waals surface area contributed by atoms with Crippen LogP contribution < -0.4 is 9.47 Å². The molecule has 0 saturated heterocycles. The maximum absolute atomic E-state index is 4.67. The first-order chi connectivity index (χ1) is 9.08. The molecule has 0 fully saturated rings. The van der Waals surface area contributed by atoms with E-state index in [1.165, 1.54) is 11.3 Å². The fourth-order valence-corrected chi connectivity index (χ4v) is 1.85. The Morgan fingerprint density at radius 3 is 2.26 bits per heavy atom. The van der Waals surface area contributed by atoms with Crippen LogP contribution in [0.2, 0.25) is 0 Å². The predicted octanol–water partition coefficient (Wildman–Crippen LogP) is 2.95. The summed E-state index contributed by atoms with van der Waals surface area (Å²) in [6.45, 7) is 4.09. The van der Waals surface area contributed by atoms with Crippen LogP contribution >= 0.6 is 0 Å². The smallest absolute Gasteiger partial charge is 0.300 e. The highest BCUT2D eigenvalue weighted by Gasteiger charge is 2.08. The normalized spacial score (nSPS) is 11.5. The quantitative estimate of drug-likeness (QED) is 0.458. The summed E-state index contributed by atoms with van der Waals surface area (Å²) in [7, 11) is 4.07. The molecule has 0 atom stereocenters. The molecule has 1 aromatic heterocycles. The summed E-state index contributed by atoms with van der Waals surface area (Å²) in [4.78, 5) is 6.75. The lowest BCUT2D eigenvalue weighted by atomic mass is 10.2. The Morgan fingerprint density at radius 2 is 1.68 bits per heavy atom. The van der Waals surface area contributed by atoms with Crippen LogP contribution in [0.15, 0.2) is 53.8 Å². The highest BCUT2D eigenvalue weighted by molar-refractivity contribution is 5.74. The van der Waals surface area contributed by atoms with E-state index < -0.39 is 0 Å². The zero-order chi connectivity index (χ0) is 13.8. The van der Waals surface area contributed by atoms with Gasteiger partial charge in [-0.3, -0.25) is 0 Å². The lowest BCUT2D eigenvalue weighted by Gasteiger charge is -2.11. The van der Waals surface area contributed by atoms with Crippen molar-refractivity contribution in [2.75, 3.05) is 19.0 Å². The molecule has 3 nitrogen and oxygen atoms in total. The van der Waals surface area contributed by atoms with Gasteiger partial charge in [0.1, 0.15) is 0 Å². The molecule has 3 heteroatoms. The van der Waals surface area contributed by atoms with E-state index in [9.17, 15) is 0 Å². The molecule has 98 valence electrons. The van der Waals surface area contributed by atoms with E-state index >= 15 is 0 Å². The Bertz CT molecular complexity index is 583. The highest BCUT2D eigenvalue weighted by Crippen LogP contribution is 2.16. The van der Waals surface area contributed by atoms with Crippen molar-refractivity contribution in [1.82, 2.24) is 0 Å². The van der Waals surface area contributed by atoms with Crippen molar-refractivity contribution in [3.63, 3.8) is 0 Å². The fourth-order valence-electron chi connectivity index (χ4n) is 1.85. The molecule has 0 aliphatic heterocycles. The van der Waals surface area contributed by atoms with Gasteiger partial charge in [0.15, 0.2) is 5.69 Å². The van der Waals surface area contributed by atoms with Crippen LogP contribution in [0.5, 0.6) is 0 Å². The highest BCUT2D eigenvalue weighted by atomic mass is 15.1. The lowest BCUT2D eigenvalue weighted by molar-refractivity contribution is -0.556.